The first kappa shape index (κ1) is 10.5. The van der Waals surface area contributed by atoms with Gasteiger partial charge in [-0.2, -0.15) is 0 Å². The lowest BCUT2D eigenvalue weighted by molar-refractivity contribution is 0.660. The summed E-state index contributed by atoms with van der Waals surface area (Å²) >= 11 is 3.38. The summed E-state index contributed by atoms with van der Waals surface area (Å²) < 4.78 is 5.71. The Labute approximate surface area is 106 Å². The van der Waals surface area contributed by atoms with Crippen molar-refractivity contribution in [2.24, 2.45) is 0 Å². The molecule has 2 nitrogen and oxygen atoms in total. The third-order valence-corrected chi connectivity index (χ3v) is 3.44. The van der Waals surface area contributed by atoms with Gasteiger partial charge in [0.15, 0.2) is 0 Å². The van der Waals surface area contributed by atoms with Crippen LogP contribution in [0.1, 0.15) is 5.56 Å². The molecule has 2 aromatic carbocycles. The zero-order valence-electron chi connectivity index (χ0n) is 8.94. The van der Waals surface area contributed by atoms with Crippen molar-refractivity contribution in [2.45, 2.75) is 5.33 Å². The van der Waals surface area contributed by atoms with Crippen molar-refractivity contribution >= 4 is 37.9 Å². The summed E-state index contributed by atoms with van der Waals surface area (Å²) in [6.45, 7) is 0. The van der Waals surface area contributed by atoms with Gasteiger partial charge in [0, 0.05) is 5.33 Å². The number of para-hydroxylation sites is 1. The van der Waals surface area contributed by atoms with E-state index in [-0.39, 0.29) is 5.43 Å². The summed E-state index contributed by atoms with van der Waals surface area (Å²) in [7, 11) is 0. The molecule has 0 fully saturated rings. The van der Waals surface area contributed by atoms with Crippen molar-refractivity contribution in [3.8, 4) is 0 Å². The van der Waals surface area contributed by atoms with Crippen LogP contribution in [0.4, 0.5) is 0 Å². The van der Waals surface area contributed by atoms with Gasteiger partial charge in [-0.05, 0) is 29.8 Å². The molecule has 0 radical (unpaired) electrons. The van der Waals surface area contributed by atoms with Gasteiger partial charge < -0.3 is 4.42 Å². The average molecular weight is 289 g/mol. The minimum Gasteiger partial charge on any atom is -0.456 e. The maximum Gasteiger partial charge on any atom is 0.200 e. The van der Waals surface area contributed by atoms with Crippen LogP contribution < -0.4 is 5.43 Å². The summed E-state index contributed by atoms with van der Waals surface area (Å²) in [4.78, 5) is 12.3. The molecule has 0 unspecified atom stereocenters. The fourth-order valence-corrected chi connectivity index (χ4v) is 2.28. The molecule has 0 saturated heterocycles. The predicted octanol–water partition coefficient (Wildman–Crippen LogP) is 3.84. The first-order chi connectivity index (χ1) is 8.29. The third-order valence-electron chi connectivity index (χ3n) is 2.79. The molecule has 0 aliphatic carbocycles. The van der Waals surface area contributed by atoms with E-state index in [2.05, 4.69) is 15.9 Å². The highest BCUT2D eigenvalue weighted by Gasteiger charge is 2.07. The molecular formula is C14H9BrO2. The topological polar surface area (TPSA) is 30.2 Å². The first-order valence-electron chi connectivity index (χ1n) is 5.30. The summed E-state index contributed by atoms with van der Waals surface area (Å²) in [5.74, 6) is 0. The zero-order chi connectivity index (χ0) is 11.8. The van der Waals surface area contributed by atoms with E-state index in [9.17, 15) is 4.79 Å². The Bertz CT molecular complexity index is 759. The summed E-state index contributed by atoms with van der Waals surface area (Å²) in [6.07, 6.45) is 0. The fourth-order valence-electron chi connectivity index (χ4n) is 1.93. The van der Waals surface area contributed by atoms with E-state index in [1.807, 2.05) is 36.4 Å². The number of rotatable bonds is 1. The van der Waals surface area contributed by atoms with Crippen molar-refractivity contribution in [2.75, 3.05) is 0 Å². The van der Waals surface area contributed by atoms with Crippen molar-refractivity contribution in [1.82, 2.24) is 0 Å². The van der Waals surface area contributed by atoms with Gasteiger partial charge in [0.2, 0.25) is 5.43 Å². The SMILES string of the molecule is O=c1c2ccccc2oc2ccc(CBr)cc12. The molecule has 3 rings (SSSR count). The molecule has 17 heavy (non-hydrogen) atoms. The minimum atomic E-state index is 0.0321. The average Bonchev–Trinajstić information content (AvgIpc) is 2.39. The second-order valence-corrected chi connectivity index (χ2v) is 4.45. The van der Waals surface area contributed by atoms with Crippen LogP contribution in [0.15, 0.2) is 51.7 Å². The molecule has 3 heteroatoms. The van der Waals surface area contributed by atoms with Gasteiger partial charge in [0.25, 0.3) is 0 Å². The highest BCUT2D eigenvalue weighted by atomic mass is 79.9. The normalized spacial score (nSPS) is 11.1. The predicted molar refractivity (Wildman–Crippen MR) is 72.6 cm³/mol. The molecule has 3 aromatic rings. The minimum absolute atomic E-state index is 0.0321. The van der Waals surface area contributed by atoms with Crippen LogP contribution in [-0.4, -0.2) is 0 Å². The van der Waals surface area contributed by atoms with E-state index in [4.69, 9.17) is 4.42 Å². The number of halogens is 1. The summed E-state index contributed by atoms with van der Waals surface area (Å²) in [6, 6.07) is 13.0. The molecule has 1 heterocycles. The molecule has 0 saturated carbocycles. The van der Waals surface area contributed by atoms with Crippen LogP contribution in [0, 0.1) is 0 Å². The quantitative estimate of drug-likeness (QED) is 0.503. The molecule has 0 spiro atoms. The van der Waals surface area contributed by atoms with Gasteiger partial charge in [-0.3, -0.25) is 4.79 Å². The Morgan fingerprint density at radius 3 is 2.59 bits per heavy atom. The third kappa shape index (κ3) is 1.67. The van der Waals surface area contributed by atoms with Crippen molar-refractivity contribution in [3.63, 3.8) is 0 Å². The molecule has 0 atom stereocenters. The van der Waals surface area contributed by atoms with Crippen molar-refractivity contribution in [1.29, 1.82) is 0 Å². The van der Waals surface area contributed by atoms with Gasteiger partial charge >= 0.3 is 0 Å². The van der Waals surface area contributed by atoms with Crippen LogP contribution in [0.3, 0.4) is 0 Å². The Morgan fingerprint density at radius 1 is 1.00 bits per heavy atom. The van der Waals surface area contributed by atoms with Crippen LogP contribution in [0.2, 0.25) is 0 Å². The lowest BCUT2D eigenvalue weighted by Crippen LogP contribution is -2.02. The Hall–Kier alpha value is -1.61. The monoisotopic (exact) mass is 288 g/mol. The molecule has 0 aliphatic heterocycles. The van der Waals surface area contributed by atoms with Gasteiger partial charge in [-0.1, -0.05) is 34.1 Å². The Morgan fingerprint density at radius 2 is 1.76 bits per heavy atom. The number of alkyl halides is 1. The highest BCUT2D eigenvalue weighted by Crippen LogP contribution is 2.20. The molecule has 1 aromatic heterocycles. The van der Waals surface area contributed by atoms with E-state index < -0.39 is 0 Å². The Balaban J connectivity index is 2.51. The standard InChI is InChI=1S/C14H9BrO2/c15-8-9-5-6-13-11(7-9)14(16)10-3-1-2-4-12(10)17-13/h1-7H,8H2. The largest absolute Gasteiger partial charge is 0.456 e. The zero-order valence-corrected chi connectivity index (χ0v) is 10.5. The molecule has 84 valence electrons. The van der Waals surface area contributed by atoms with Gasteiger partial charge in [-0.25, -0.2) is 0 Å². The smallest absolute Gasteiger partial charge is 0.200 e. The molecule has 0 bridgehead atoms. The lowest BCUT2D eigenvalue weighted by atomic mass is 10.1. The maximum absolute atomic E-state index is 12.3. The summed E-state index contributed by atoms with van der Waals surface area (Å²) in [5.41, 5.74) is 2.37. The molecule has 0 aliphatic rings. The maximum atomic E-state index is 12.3. The first-order valence-corrected chi connectivity index (χ1v) is 6.42. The van der Waals surface area contributed by atoms with Crippen LogP contribution >= 0.6 is 15.9 Å². The van der Waals surface area contributed by atoms with Crippen molar-refractivity contribution in [3.05, 3.63) is 58.3 Å². The van der Waals surface area contributed by atoms with Gasteiger partial charge in [-0.15, -0.1) is 0 Å². The molecular weight excluding hydrogens is 280 g/mol. The summed E-state index contributed by atoms with van der Waals surface area (Å²) in [5, 5.41) is 2.00. The van der Waals surface area contributed by atoms with Crippen LogP contribution in [0.25, 0.3) is 21.9 Å². The number of fused-ring (bicyclic) bond motifs is 2. The number of benzene rings is 2. The van der Waals surface area contributed by atoms with Crippen LogP contribution in [0.5, 0.6) is 0 Å². The van der Waals surface area contributed by atoms with Crippen LogP contribution in [-0.2, 0) is 5.33 Å². The van der Waals surface area contributed by atoms with Gasteiger partial charge in [0.1, 0.15) is 11.2 Å². The number of hydrogen-bond donors (Lipinski definition) is 0. The second kappa shape index (κ2) is 4.00. The molecule has 0 amide bonds. The van der Waals surface area contributed by atoms with Gasteiger partial charge in [0.05, 0.1) is 10.8 Å². The molecule has 0 N–H and O–H groups in total. The van der Waals surface area contributed by atoms with E-state index in [1.54, 1.807) is 6.07 Å². The van der Waals surface area contributed by atoms with E-state index >= 15 is 0 Å². The second-order valence-electron chi connectivity index (χ2n) is 3.89. The highest BCUT2D eigenvalue weighted by molar-refractivity contribution is 9.08. The lowest BCUT2D eigenvalue weighted by Gasteiger charge is -2.02. The van der Waals surface area contributed by atoms with Crippen molar-refractivity contribution < 1.29 is 4.42 Å². The Kier molecular flexibility index (Phi) is 2.48. The number of hydrogen-bond acceptors (Lipinski definition) is 2. The van der Waals surface area contributed by atoms with E-state index in [0.717, 1.165) is 10.9 Å². The fraction of sp³-hybridized carbons (Fsp3) is 0.0714. The van der Waals surface area contributed by atoms with E-state index in [1.165, 1.54) is 0 Å². The van der Waals surface area contributed by atoms with E-state index in [0.29, 0.717) is 21.9 Å².